The summed E-state index contributed by atoms with van der Waals surface area (Å²) in [6.07, 6.45) is 0. The first-order valence-corrected chi connectivity index (χ1v) is 5.77. The van der Waals surface area contributed by atoms with Gasteiger partial charge in [-0.15, -0.1) is 11.3 Å². The molecule has 0 aromatic carbocycles. The van der Waals surface area contributed by atoms with Gasteiger partial charge in [0.2, 0.25) is 0 Å². The number of nitrogens with zero attached hydrogens (tertiary/aromatic N) is 1. The van der Waals surface area contributed by atoms with Crippen LogP contribution < -0.4 is 5.73 Å². The summed E-state index contributed by atoms with van der Waals surface area (Å²) in [7, 11) is 0. The summed E-state index contributed by atoms with van der Waals surface area (Å²) >= 11 is 2.78. The van der Waals surface area contributed by atoms with Crippen LogP contribution in [0.2, 0.25) is 0 Å². The number of nitrogen functional groups attached to an aromatic ring is 1. The molecule has 0 aliphatic rings. The van der Waals surface area contributed by atoms with Gasteiger partial charge in [-0.3, -0.25) is 0 Å². The van der Waals surface area contributed by atoms with Crippen molar-refractivity contribution in [2.75, 3.05) is 5.73 Å². The van der Waals surface area contributed by atoms with Crippen LogP contribution in [-0.4, -0.2) is 16.1 Å². The van der Waals surface area contributed by atoms with Gasteiger partial charge in [0, 0.05) is 4.88 Å². The van der Waals surface area contributed by atoms with Crippen LogP contribution in [0.4, 0.5) is 5.00 Å². The molecule has 2 heterocycles. The van der Waals surface area contributed by atoms with Gasteiger partial charge >= 0.3 is 5.97 Å². The predicted octanol–water partition coefficient (Wildman–Crippen LogP) is 2.46. The molecule has 15 heavy (non-hydrogen) atoms. The number of thiophene rings is 1. The maximum Gasteiger partial charge on any atom is 0.357 e. The van der Waals surface area contributed by atoms with Gasteiger partial charge in [0.15, 0.2) is 5.69 Å². The normalized spacial score (nSPS) is 10.5. The first-order valence-electron chi connectivity index (χ1n) is 4.14. The van der Waals surface area contributed by atoms with Crippen molar-refractivity contribution < 1.29 is 9.90 Å². The summed E-state index contributed by atoms with van der Waals surface area (Å²) in [6.45, 7) is 1.99. The lowest BCUT2D eigenvalue weighted by molar-refractivity contribution is 0.0692. The van der Waals surface area contributed by atoms with Gasteiger partial charge in [0.05, 0.1) is 4.88 Å². The van der Waals surface area contributed by atoms with Gasteiger partial charge in [-0.1, -0.05) is 11.3 Å². The van der Waals surface area contributed by atoms with Crippen LogP contribution in [0.15, 0.2) is 12.1 Å². The highest BCUT2D eigenvalue weighted by atomic mass is 32.1. The largest absolute Gasteiger partial charge is 0.476 e. The van der Waals surface area contributed by atoms with Crippen molar-refractivity contribution in [1.82, 2.24) is 4.98 Å². The standard InChI is InChI=1S/C9H8N2O2S2/c1-4-2-3-5(14-4)8-11-6(9(12)13)7(10)15-8/h2-3H,10H2,1H3,(H,12,13). The summed E-state index contributed by atoms with van der Waals surface area (Å²) in [5, 5.41) is 9.72. The second-order valence-electron chi connectivity index (χ2n) is 2.95. The third-order valence-corrected chi connectivity index (χ3v) is 3.86. The van der Waals surface area contributed by atoms with Crippen LogP contribution in [0.5, 0.6) is 0 Å². The molecule has 0 aliphatic carbocycles. The number of aromatic carboxylic acids is 1. The number of nitrogens with two attached hydrogens (primary N) is 1. The van der Waals surface area contributed by atoms with E-state index in [0.29, 0.717) is 5.01 Å². The first kappa shape index (κ1) is 10.1. The lowest BCUT2D eigenvalue weighted by Crippen LogP contribution is -2.00. The minimum Gasteiger partial charge on any atom is -0.476 e. The van der Waals surface area contributed by atoms with Gasteiger partial charge in [0.25, 0.3) is 0 Å². The van der Waals surface area contributed by atoms with Crippen molar-refractivity contribution in [3.63, 3.8) is 0 Å². The SMILES string of the molecule is Cc1ccc(-c2nc(C(=O)O)c(N)s2)s1. The van der Waals surface area contributed by atoms with Gasteiger partial charge in [-0.2, -0.15) is 0 Å². The predicted molar refractivity (Wildman–Crippen MR) is 61.5 cm³/mol. The Balaban J connectivity index is 2.46. The Hall–Kier alpha value is -1.40. The Labute approximate surface area is 94.0 Å². The molecule has 0 spiro atoms. The molecule has 2 rings (SSSR count). The number of anilines is 1. The molecule has 6 heteroatoms. The van der Waals surface area contributed by atoms with Crippen LogP contribution in [0, 0.1) is 6.92 Å². The number of carbonyl (C=O) groups is 1. The van der Waals surface area contributed by atoms with E-state index in [9.17, 15) is 4.79 Å². The Kier molecular flexibility index (Phi) is 2.45. The number of carboxylic acids is 1. The van der Waals surface area contributed by atoms with Crippen molar-refractivity contribution in [3.8, 4) is 9.88 Å². The number of hydrogen-bond donors (Lipinski definition) is 2. The highest BCUT2D eigenvalue weighted by Gasteiger charge is 2.16. The number of aryl methyl sites for hydroxylation is 1. The quantitative estimate of drug-likeness (QED) is 0.845. The zero-order chi connectivity index (χ0) is 11.0. The summed E-state index contributed by atoms with van der Waals surface area (Å²) in [5.41, 5.74) is 5.51. The molecule has 0 atom stereocenters. The summed E-state index contributed by atoms with van der Waals surface area (Å²) < 4.78 is 0. The van der Waals surface area contributed by atoms with Crippen LogP contribution >= 0.6 is 22.7 Å². The lowest BCUT2D eigenvalue weighted by Gasteiger charge is -1.86. The summed E-state index contributed by atoms with van der Waals surface area (Å²) in [5.74, 6) is -1.08. The molecule has 0 bridgehead atoms. The molecule has 2 aromatic rings. The number of aromatic nitrogens is 1. The second kappa shape index (κ2) is 3.63. The lowest BCUT2D eigenvalue weighted by atomic mass is 10.4. The van der Waals surface area contributed by atoms with Crippen LogP contribution in [-0.2, 0) is 0 Å². The van der Waals surface area contributed by atoms with Crippen LogP contribution in [0.1, 0.15) is 15.4 Å². The molecular formula is C9H8N2O2S2. The molecule has 3 N–H and O–H groups in total. The van der Waals surface area contributed by atoms with Crippen LogP contribution in [0.25, 0.3) is 9.88 Å². The average Bonchev–Trinajstić information content (AvgIpc) is 2.71. The fourth-order valence-corrected chi connectivity index (χ4v) is 2.89. The highest BCUT2D eigenvalue weighted by molar-refractivity contribution is 7.24. The molecule has 4 nitrogen and oxygen atoms in total. The number of hydrogen-bond acceptors (Lipinski definition) is 5. The van der Waals surface area contributed by atoms with E-state index >= 15 is 0 Å². The molecule has 0 aliphatic heterocycles. The number of rotatable bonds is 2. The fraction of sp³-hybridized carbons (Fsp3) is 0.111. The molecule has 0 saturated heterocycles. The molecule has 0 unspecified atom stereocenters. The van der Waals surface area contributed by atoms with Gasteiger partial charge < -0.3 is 10.8 Å². The van der Waals surface area contributed by atoms with Gasteiger partial charge in [-0.25, -0.2) is 9.78 Å². The third-order valence-electron chi connectivity index (χ3n) is 1.81. The minimum absolute atomic E-state index is 0.0546. The first-order chi connectivity index (χ1) is 7.08. The zero-order valence-electron chi connectivity index (χ0n) is 7.85. The van der Waals surface area contributed by atoms with Crippen LogP contribution in [0.3, 0.4) is 0 Å². The topological polar surface area (TPSA) is 76.2 Å². The minimum atomic E-state index is -1.08. The summed E-state index contributed by atoms with van der Waals surface area (Å²) in [4.78, 5) is 16.9. The van der Waals surface area contributed by atoms with Gasteiger partial charge in [0.1, 0.15) is 10.0 Å². The van der Waals surface area contributed by atoms with Crippen molar-refractivity contribution in [2.24, 2.45) is 0 Å². The molecule has 0 saturated carbocycles. The molecule has 2 aromatic heterocycles. The van der Waals surface area contributed by atoms with Crippen molar-refractivity contribution in [2.45, 2.75) is 6.92 Å². The van der Waals surface area contributed by atoms with E-state index < -0.39 is 5.97 Å². The molecule has 78 valence electrons. The maximum absolute atomic E-state index is 10.7. The van der Waals surface area contributed by atoms with E-state index in [1.54, 1.807) is 11.3 Å². The Morgan fingerprint density at radius 1 is 1.47 bits per heavy atom. The Bertz CT molecular complexity index is 516. The third kappa shape index (κ3) is 1.86. The van der Waals surface area contributed by atoms with Gasteiger partial charge in [-0.05, 0) is 19.1 Å². The van der Waals surface area contributed by atoms with Crippen molar-refractivity contribution in [1.29, 1.82) is 0 Å². The second-order valence-corrected chi connectivity index (χ2v) is 5.27. The van der Waals surface area contributed by atoms with Crippen molar-refractivity contribution in [3.05, 3.63) is 22.7 Å². The number of carboxylic acid groups (broad SMARTS) is 1. The van der Waals surface area contributed by atoms with E-state index in [0.717, 1.165) is 9.75 Å². The number of thiazole rings is 1. The smallest absolute Gasteiger partial charge is 0.357 e. The van der Waals surface area contributed by atoms with E-state index in [4.69, 9.17) is 10.8 Å². The van der Waals surface area contributed by atoms with Crippen molar-refractivity contribution >= 4 is 33.6 Å². The van der Waals surface area contributed by atoms with E-state index in [1.165, 1.54) is 11.3 Å². The summed E-state index contributed by atoms with van der Waals surface area (Å²) in [6, 6.07) is 3.89. The highest BCUT2D eigenvalue weighted by Crippen LogP contribution is 2.34. The molecule has 0 fully saturated rings. The monoisotopic (exact) mass is 240 g/mol. The molecule has 0 amide bonds. The fourth-order valence-electron chi connectivity index (χ4n) is 1.14. The van der Waals surface area contributed by atoms with E-state index in [2.05, 4.69) is 4.98 Å². The molecular weight excluding hydrogens is 232 g/mol. The molecule has 0 radical (unpaired) electrons. The van der Waals surface area contributed by atoms with E-state index in [1.807, 2.05) is 19.1 Å². The maximum atomic E-state index is 10.7. The Morgan fingerprint density at radius 2 is 2.20 bits per heavy atom. The average molecular weight is 240 g/mol. The van der Waals surface area contributed by atoms with E-state index in [-0.39, 0.29) is 10.7 Å². The Morgan fingerprint density at radius 3 is 2.67 bits per heavy atom. The zero-order valence-corrected chi connectivity index (χ0v) is 9.48.